The van der Waals surface area contributed by atoms with Crippen molar-refractivity contribution >= 4 is 44.6 Å². The van der Waals surface area contributed by atoms with Crippen LogP contribution in [-0.2, 0) is 6.61 Å². The standard InChI is InChI=1S/C29H27BrClN3O3/c1-36-26-16-20(15-24(30)27(26)37-18-19-11-13-22(31)14-12-19)17-32-34-28(21-7-3-2-4-8-21)33-25-10-6-5-9-23(25)29(34)35/h5-6,9-17,21H,2-4,7-8,18H2,1H3. The quantitative estimate of drug-likeness (QED) is 0.215. The summed E-state index contributed by atoms with van der Waals surface area (Å²) >= 11 is 9.59. The molecule has 3 aromatic carbocycles. The number of benzene rings is 3. The summed E-state index contributed by atoms with van der Waals surface area (Å²) in [6.45, 7) is 0.364. The van der Waals surface area contributed by atoms with Gasteiger partial charge >= 0.3 is 0 Å². The van der Waals surface area contributed by atoms with Crippen LogP contribution in [0.25, 0.3) is 10.9 Å². The summed E-state index contributed by atoms with van der Waals surface area (Å²) in [5.74, 6) is 2.09. The lowest BCUT2D eigenvalue weighted by Gasteiger charge is -2.22. The molecule has 1 aromatic heterocycles. The largest absolute Gasteiger partial charge is 0.493 e. The van der Waals surface area contributed by atoms with Crippen molar-refractivity contribution in [2.45, 2.75) is 44.6 Å². The number of hydrogen-bond acceptors (Lipinski definition) is 5. The molecule has 0 unspecified atom stereocenters. The molecule has 0 saturated heterocycles. The molecular weight excluding hydrogens is 554 g/mol. The Morgan fingerprint density at radius 2 is 1.86 bits per heavy atom. The first-order valence-electron chi connectivity index (χ1n) is 12.3. The van der Waals surface area contributed by atoms with Gasteiger partial charge in [0.05, 0.1) is 28.7 Å². The molecule has 0 radical (unpaired) electrons. The van der Waals surface area contributed by atoms with E-state index in [2.05, 4.69) is 21.0 Å². The maximum Gasteiger partial charge on any atom is 0.282 e. The van der Waals surface area contributed by atoms with E-state index >= 15 is 0 Å². The maximum absolute atomic E-state index is 13.4. The number of hydrogen-bond donors (Lipinski definition) is 0. The number of aromatic nitrogens is 2. The van der Waals surface area contributed by atoms with Gasteiger partial charge in [-0.2, -0.15) is 9.78 Å². The molecule has 1 aliphatic carbocycles. The number of nitrogens with zero attached hydrogens (tertiary/aromatic N) is 3. The van der Waals surface area contributed by atoms with Crippen LogP contribution in [-0.4, -0.2) is 23.0 Å². The lowest BCUT2D eigenvalue weighted by atomic mass is 9.88. The minimum absolute atomic E-state index is 0.156. The summed E-state index contributed by atoms with van der Waals surface area (Å²) in [4.78, 5) is 18.3. The first-order valence-corrected chi connectivity index (χ1v) is 13.5. The average Bonchev–Trinajstić information content (AvgIpc) is 2.93. The molecule has 37 heavy (non-hydrogen) atoms. The van der Waals surface area contributed by atoms with Gasteiger partial charge in [0.15, 0.2) is 11.5 Å². The second-order valence-corrected chi connectivity index (χ2v) is 10.4. The second kappa shape index (κ2) is 11.5. The predicted octanol–water partition coefficient (Wildman–Crippen LogP) is 7.33. The van der Waals surface area contributed by atoms with Crippen LogP contribution in [0.3, 0.4) is 0 Å². The van der Waals surface area contributed by atoms with Gasteiger partial charge in [-0.15, -0.1) is 0 Å². The molecule has 0 atom stereocenters. The molecular formula is C29H27BrClN3O3. The van der Waals surface area contributed by atoms with Crippen molar-refractivity contribution < 1.29 is 9.47 Å². The van der Waals surface area contributed by atoms with Crippen LogP contribution in [0.2, 0.25) is 5.02 Å². The van der Waals surface area contributed by atoms with E-state index in [-0.39, 0.29) is 11.5 Å². The average molecular weight is 581 g/mol. The highest BCUT2D eigenvalue weighted by atomic mass is 79.9. The van der Waals surface area contributed by atoms with E-state index in [9.17, 15) is 4.79 Å². The molecule has 0 spiro atoms. The van der Waals surface area contributed by atoms with E-state index in [0.717, 1.165) is 47.1 Å². The van der Waals surface area contributed by atoms with E-state index in [4.69, 9.17) is 26.1 Å². The van der Waals surface area contributed by atoms with Crippen LogP contribution in [0, 0.1) is 0 Å². The molecule has 1 heterocycles. The van der Waals surface area contributed by atoms with Crippen LogP contribution in [0.15, 0.2) is 75.0 Å². The number of ether oxygens (including phenoxy) is 2. The minimum atomic E-state index is -0.156. The zero-order valence-electron chi connectivity index (χ0n) is 20.5. The van der Waals surface area contributed by atoms with Gasteiger partial charge in [0.2, 0.25) is 0 Å². The molecule has 0 aliphatic heterocycles. The summed E-state index contributed by atoms with van der Waals surface area (Å²) < 4.78 is 13.8. The number of rotatable bonds is 7. The molecule has 6 nitrogen and oxygen atoms in total. The molecule has 4 aromatic rings. The second-order valence-electron chi connectivity index (χ2n) is 9.13. The van der Waals surface area contributed by atoms with Crippen molar-refractivity contribution in [1.29, 1.82) is 0 Å². The van der Waals surface area contributed by atoms with E-state index in [1.807, 2.05) is 54.6 Å². The Morgan fingerprint density at radius 3 is 2.62 bits per heavy atom. The molecule has 0 amide bonds. The van der Waals surface area contributed by atoms with Gasteiger partial charge in [0.1, 0.15) is 12.4 Å². The third-order valence-corrected chi connectivity index (χ3v) is 7.46. The van der Waals surface area contributed by atoms with Gasteiger partial charge in [-0.05, 0) is 76.3 Å². The lowest BCUT2D eigenvalue weighted by Crippen LogP contribution is -2.25. The summed E-state index contributed by atoms with van der Waals surface area (Å²) in [6, 6.07) is 18.7. The van der Waals surface area contributed by atoms with E-state index in [1.165, 1.54) is 11.1 Å². The van der Waals surface area contributed by atoms with Crippen molar-refractivity contribution in [1.82, 2.24) is 9.66 Å². The Bertz CT molecular complexity index is 1500. The molecule has 1 fully saturated rings. The highest BCUT2D eigenvalue weighted by molar-refractivity contribution is 9.10. The van der Waals surface area contributed by atoms with Crippen LogP contribution in [0.5, 0.6) is 11.5 Å². The van der Waals surface area contributed by atoms with Crippen molar-refractivity contribution in [2.24, 2.45) is 5.10 Å². The zero-order valence-corrected chi connectivity index (χ0v) is 22.8. The Kier molecular flexibility index (Phi) is 7.91. The van der Waals surface area contributed by atoms with Gasteiger partial charge in [-0.25, -0.2) is 4.98 Å². The smallest absolute Gasteiger partial charge is 0.282 e. The minimum Gasteiger partial charge on any atom is -0.493 e. The normalized spacial score (nSPS) is 14.4. The summed E-state index contributed by atoms with van der Waals surface area (Å²) in [6.07, 6.45) is 7.19. The van der Waals surface area contributed by atoms with Crippen LogP contribution >= 0.6 is 27.5 Å². The molecule has 1 aliphatic rings. The molecule has 1 saturated carbocycles. The van der Waals surface area contributed by atoms with Gasteiger partial charge in [-0.1, -0.05) is 55.1 Å². The zero-order chi connectivity index (χ0) is 25.8. The fraction of sp³-hybridized carbons (Fsp3) is 0.276. The van der Waals surface area contributed by atoms with E-state index < -0.39 is 0 Å². The van der Waals surface area contributed by atoms with Crippen molar-refractivity contribution in [3.05, 3.63) is 97.5 Å². The first-order chi connectivity index (χ1) is 18.0. The highest BCUT2D eigenvalue weighted by Gasteiger charge is 2.22. The van der Waals surface area contributed by atoms with Gasteiger partial charge in [0.25, 0.3) is 5.56 Å². The van der Waals surface area contributed by atoms with Gasteiger partial charge in [0, 0.05) is 10.9 Å². The first kappa shape index (κ1) is 25.5. The van der Waals surface area contributed by atoms with Crippen LogP contribution < -0.4 is 15.0 Å². The summed E-state index contributed by atoms with van der Waals surface area (Å²) in [7, 11) is 1.59. The Balaban J connectivity index is 1.47. The Morgan fingerprint density at radius 1 is 1.11 bits per heavy atom. The fourth-order valence-electron chi connectivity index (χ4n) is 4.69. The van der Waals surface area contributed by atoms with E-state index in [0.29, 0.717) is 34.0 Å². The maximum atomic E-state index is 13.4. The highest BCUT2D eigenvalue weighted by Crippen LogP contribution is 2.37. The van der Waals surface area contributed by atoms with Crippen LogP contribution in [0.1, 0.15) is 55.0 Å². The Labute approximate surface area is 229 Å². The van der Waals surface area contributed by atoms with Gasteiger partial charge < -0.3 is 9.47 Å². The fourth-order valence-corrected chi connectivity index (χ4v) is 5.39. The SMILES string of the molecule is COc1cc(C=Nn2c(C3CCCCC3)nc3ccccc3c2=O)cc(Br)c1OCc1ccc(Cl)cc1. The third kappa shape index (κ3) is 5.73. The summed E-state index contributed by atoms with van der Waals surface area (Å²) in [5.41, 5.74) is 2.31. The third-order valence-electron chi connectivity index (χ3n) is 6.62. The summed E-state index contributed by atoms with van der Waals surface area (Å²) in [5, 5.41) is 5.87. The molecule has 190 valence electrons. The molecule has 8 heteroatoms. The number of fused-ring (bicyclic) bond motifs is 1. The Hall–Kier alpha value is -3.16. The number of halogens is 2. The molecule has 0 bridgehead atoms. The topological polar surface area (TPSA) is 65.7 Å². The van der Waals surface area contributed by atoms with E-state index in [1.54, 1.807) is 19.4 Å². The lowest BCUT2D eigenvalue weighted by molar-refractivity contribution is 0.282. The van der Waals surface area contributed by atoms with Crippen LogP contribution in [0.4, 0.5) is 0 Å². The number of methoxy groups -OCH3 is 1. The van der Waals surface area contributed by atoms with Crippen molar-refractivity contribution in [2.75, 3.05) is 7.11 Å². The molecule has 5 rings (SSSR count). The van der Waals surface area contributed by atoms with Gasteiger partial charge in [-0.3, -0.25) is 4.79 Å². The monoisotopic (exact) mass is 579 g/mol. The van der Waals surface area contributed by atoms with Crippen molar-refractivity contribution in [3.8, 4) is 11.5 Å². The predicted molar refractivity (Wildman–Crippen MR) is 151 cm³/mol. The molecule has 0 N–H and O–H groups in total. The van der Waals surface area contributed by atoms with Crippen molar-refractivity contribution in [3.63, 3.8) is 0 Å². The number of para-hydroxylation sites is 1.